The molecule has 7 aromatic rings. The molecule has 0 radical (unpaired) electrons. The predicted molar refractivity (Wildman–Crippen MR) is 480 cm³/mol. The summed E-state index contributed by atoms with van der Waals surface area (Å²) in [7, 11) is 6.54. The van der Waals surface area contributed by atoms with Crippen molar-refractivity contribution in [3.8, 4) is 11.5 Å². The number of nitrogens with one attached hydrogen (secondary N) is 10. The summed E-state index contributed by atoms with van der Waals surface area (Å²) in [6, 6.07) is 21.8. The number of thioether (sulfide) groups is 1. The quantitative estimate of drug-likeness (QED) is 0.0373. The minimum absolute atomic E-state index is 0.0200. The molecule has 18 N–H and O–H groups in total. The minimum atomic E-state index is -1.79. The first-order valence-electron chi connectivity index (χ1n) is 42.4. The lowest BCUT2D eigenvalue weighted by Crippen LogP contribution is -2.61. The van der Waals surface area contributed by atoms with Gasteiger partial charge in [-0.05, 0) is 102 Å². The van der Waals surface area contributed by atoms with Gasteiger partial charge in [-0.2, -0.15) is 0 Å². The molecule has 690 valence electrons. The Balaban J connectivity index is 1.21. The number of unbranched alkanes of at least 4 members (excludes halogenated alkanes) is 1. The number of hydrogen-bond acceptors (Lipinski definition) is 21. The molecule has 38 heteroatoms. The molecular formula is C91H117N19O18S. The fraction of sp³-hybridized carbons (Fsp3) is 0.418. The molecule has 0 unspecified atom stereocenters. The molecule has 1 fully saturated rings. The molecule has 5 aromatic carbocycles. The fourth-order valence-electron chi connectivity index (χ4n) is 14.8. The van der Waals surface area contributed by atoms with Crippen LogP contribution in [0.4, 0.5) is 0 Å². The van der Waals surface area contributed by atoms with Crippen molar-refractivity contribution in [1.82, 2.24) is 82.3 Å². The second kappa shape index (κ2) is 49.4. The molecular weight excluding hydrogens is 1680 g/mol. The summed E-state index contributed by atoms with van der Waals surface area (Å²) < 4.78 is 0. The van der Waals surface area contributed by atoms with E-state index >= 15 is 38.4 Å². The summed E-state index contributed by atoms with van der Waals surface area (Å²) in [4.78, 5) is 248. The highest BCUT2D eigenvalue weighted by Gasteiger charge is 2.42. The number of aromatic amines is 1. The Labute approximate surface area is 752 Å². The standard InChI is InChI=1S/C91H117N19O18S/c1-9-10-29-72-89(126)107(5)51-78(116)99-68(46-75(93)113)85(122)105-80(54(2)3)91(128)109(7)73(43-56-23-15-12-16-24-56)86(123)103-69(42-58-32-36-62(112)37-33-58)87(124)106(4)50-77(115)98-67(45-60-48-96-64-27-18-17-26-63(60)64)84(121)102-66(40-57-30-34-61(111)35-31-57)83(120)101-65(28-19-38-92)82(119)104-71(81(118)97-49-76(94)114)52-129-53-79(117)100-70(41-55-21-13-11-14-22-55)88(125)110(8)74(90(127)108(72)6)44-59-25-20-39-95-47-59/h11-18,20-27,30-37,39,47-48,54,65-74,80,96,111-112H,9-10,19,28-29,38,40-46,49-53,92H2,1-8H3,(H2,93,113)(H2,94,114)(H,97,118)(H,98,115)(H,99,116)(H,100,117)(H,101,120)(H,102,121)(H,103,123)(H,104,119)(H,105,122)/t65-,66+,67+,68-,69-,70-,71+,72+,73+,74-,80+/m1/s1. The average Bonchev–Trinajstić information content (AvgIpc) is 1.72. The third-order valence-electron chi connectivity index (χ3n) is 22.0. The molecule has 8 rings (SSSR count). The third-order valence-corrected chi connectivity index (χ3v) is 23.0. The number of primary amides is 2. The smallest absolute Gasteiger partial charge is 0.246 e. The minimum Gasteiger partial charge on any atom is -0.508 e. The first-order valence-corrected chi connectivity index (χ1v) is 43.6. The highest BCUT2D eigenvalue weighted by atomic mass is 32.2. The number of phenols is 2. The van der Waals surface area contributed by atoms with Crippen molar-refractivity contribution in [2.24, 2.45) is 23.1 Å². The van der Waals surface area contributed by atoms with Gasteiger partial charge in [-0.1, -0.05) is 143 Å². The van der Waals surface area contributed by atoms with Crippen LogP contribution in [0.5, 0.6) is 11.5 Å². The van der Waals surface area contributed by atoms with Crippen molar-refractivity contribution < 1.29 is 86.9 Å². The van der Waals surface area contributed by atoms with E-state index in [4.69, 9.17) is 17.2 Å². The van der Waals surface area contributed by atoms with E-state index in [2.05, 4.69) is 57.8 Å². The van der Waals surface area contributed by atoms with Crippen molar-refractivity contribution in [2.75, 3.05) is 72.9 Å². The summed E-state index contributed by atoms with van der Waals surface area (Å²) in [5.41, 5.74) is 20.7. The zero-order valence-corrected chi connectivity index (χ0v) is 74.3. The monoisotopic (exact) mass is 1800 g/mol. The number of carbonyl (C=O) groups is 16. The van der Waals surface area contributed by atoms with Crippen LogP contribution in [0.3, 0.4) is 0 Å². The van der Waals surface area contributed by atoms with Gasteiger partial charge in [-0.3, -0.25) is 81.7 Å². The molecule has 16 amide bonds. The number of nitrogens with zero attached hydrogens (tertiary/aromatic N) is 6. The Morgan fingerprint density at radius 3 is 1.53 bits per heavy atom. The molecule has 129 heavy (non-hydrogen) atoms. The zero-order chi connectivity index (χ0) is 94.1. The number of carbonyl (C=O) groups excluding carboxylic acids is 16. The number of likely N-dealkylation sites (N-methyl/N-ethyl adjacent to an activating group) is 5. The zero-order valence-electron chi connectivity index (χ0n) is 73.5. The highest BCUT2D eigenvalue weighted by Crippen LogP contribution is 2.24. The number of benzene rings is 5. The Bertz CT molecular complexity index is 5050. The molecule has 0 spiro atoms. The number of aromatic nitrogens is 2. The number of hydrogen-bond donors (Lipinski definition) is 15. The lowest BCUT2D eigenvalue weighted by Gasteiger charge is -2.37. The van der Waals surface area contributed by atoms with Gasteiger partial charge >= 0.3 is 0 Å². The van der Waals surface area contributed by atoms with Crippen LogP contribution in [-0.4, -0.2) is 279 Å². The van der Waals surface area contributed by atoms with Crippen molar-refractivity contribution in [1.29, 1.82) is 0 Å². The second-order valence-corrected chi connectivity index (χ2v) is 33.3. The molecule has 11 atom stereocenters. The van der Waals surface area contributed by atoms with Gasteiger partial charge in [-0.15, -0.1) is 11.8 Å². The number of rotatable bonds is 24. The highest BCUT2D eigenvalue weighted by molar-refractivity contribution is 8.00. The summed E-state index contributed by atoms with van der Waals surface area (Å²) in [5.74, 6) is -16.6. The molecule has 0 saturated carbocycles. The molecule has 1 saturated heterocycles. The number of aromatic hydroxyl groups is 2. The summed E-state index contributed by atoms with van der Waals surface area (Å²) >= 11 is 0.811. The first kappa shape index (κ1) is 101. The number of nitrogens with two attached hydrogens (primary N) is 3. The van der Waals surface area contributed by atoms with Crippen LogP contribution in [0.15, 0.2) is 164 Å². The summed E-state index contributed by atoms with van der Waals surface area (Å²) in [6.07, 6.45) is 3.21. The second-order valence-electron chi connectivity index (χ2n) is 32.3. The van der Waals surface area contributed by atoms with E-state index < -0.39 is 204 Å². The maximum atomic E-state index is 15.5. The molecule has 37 nitrogen and oxygen atoms in total. The van der Waals surface area contributed by atoms with Crippen LogP contribution in [0, 0.1) is 5.92 Å². The van der Waals surface area contributed by atoms with Crippen molar-refractivity contribution in [2.45, 2.75) is 164 Å². The van der Waals surface area contributed by atoms with Crippen LogP contribution in [0.25, 0.3) is 10.9 Å². The number of pyridine rings is 1. The van der Waals surface area contributed by atoms with Crippen molar-refractivity contribution in [3.05, 3.63) is 198 Å². The molecule has 1 aliphatic heterocycles. The Morgan fingerprint density at radius 2 is 0.961 bits per heavy atom. The van der Waals surface area contributed by atoms with Gasteiger partial charge in [0.25, 0.3) is 0 Å². The van der Waals surface area contributed by atoms with E-state index in [1.165, 1.54) is 96.2 Å². The Kier molecular flexibility index (Phi) is 38.5. The molecule has 3 heterocycles. The normalized spacial score (nSPS) is 21.9. The summed E-state index contributed by atoms with van der Waals surface area (Å²) in [6.45, 7) is 2.71. The number of H-pyrrole nitrogens is 1. The molecule has 1 aliphatic rings. The SMILES string of the molecule is CCCC[C@H]1C(=O)N(C)CC(=O)N[C@H](CC(N)=O)C(=O)N[C@@H](C(C)C)C(=O)N(C)[C@@H](Cc2ccccc2)C(=O)N[C@H](Cc2ccc(O)cc2)C(=O)N(C)CC(=O)N[C@@H](Cc2c[nH]c3ccccc23)C(=O)N[C@@H](Cc2ccc(O)cc2)C(=O)N[C@H](CCCN)C(=O)N[C@H](C(=O)NCC(N)=O)CSCC(=O)N[C@H](Cc2ccccc2)C(=O)N(C)[C@H](Cc2cccnc2)C(=O)N1C. The largest absolute Gasteiger partial charge is 0.508 e. The number of phenolic OH excluding ortho intramolecular Hbond substituents is 2. The van der Waals surface area contributed by atoms with Gasteiger partial charge in [0.05, 0.1) is 31.8 Å². The van der Waals surface area contributed by atoms with E-state index in [1.54, 1.807) is 117 Å². The van der Waals surface area contributed by atoms with Crippen LogP contribution in [0.1, 0.15) is 92.7 Å². The average molecular weight is 1800 g/mol. The first-order chi connectivity index (χ1) is 61.5. The van der Waals surface area contributed by atoms with Crippen molar-refractivity contribution >= 4 is 117 Å². The van der Waals surface area contributed by atoms with Gasteiger partial charge < -0.3 is 105 Å². The number of para-hydroxylation sites is 1. The van der Waals surface area contributed by atoms with Crippen LogP contribution >= 0.6 is 11.8 Å². The topological polar surface area (TPSA) is 545 Å². The van der Waals surface area contributed by atoms with Gasteiger partial charge in [-0.25, -0.2) is 0 Å². The number of fused-ring (bicyclic) bond motifs is 1. The maximum Gasteiger partial charge on any atom is 0.246 e. The van der Waals surface area contributed by atoms with E-state index in [0.29, 0.717) is 57.1 Å². The van der Waals surface area contributed by atoms with Crippen LogP contribution < -0.4 is 65.1 Å². The van der Waals surface area contributed by atoms with E-state index in [0.717, 1.165) is 36.3 Å². The Morgan fingerprint density at radius 1 is 0.473 bits per heavy atom. The van der Waals surface area contributed by atoms with Gasteiger partial charge in [0.1, 0.15) is 78.0 Å². The van der Waals surface area contributed by atoms with Gasteiger partial charge in [0.2, 0.25) is 94.5 Å². The molecule has 0 aliphatic carbocycles. The molecule has 0 bridgehead atoms. The predicted octanol–water partition coefficient (Wildman–Crippen LogP) is -0.185. The third kappa shape index (κ3) is 30.5. The van der Waals surface area contributed by atoms with E-state index in [9.17, 15) is 48.6 Å². The van der Waals surface area contributed by atoms with Crippen LogP contribution in [0.2, 0.25) is 0 Å². The lowest BCUT2D eigenvalue weighted by molar-refractivity contribution is -0.151. The van der Waals surface area contributed by atoms with E-state index in [-0.39, 0.29) is 75.8 Å². The lowest BCUT2D eigenvalue weighted by atomic mass is 9.98. The van der Waals surface area contributed by atoms with Gasteiger partial charge in [0.15, 0.2) is 0 Å². The van der Waals surface area contributed by atoms with Crippen LogP contribution in [-0.2, 0) is 115 Å². The van der Waals surface area contributed by atoms with E-state index in [1.807, 2.05) is 6.92 Å². The maximum absolute atomic E-state index is 15.5. The van der Waals surface area contributed by atoms with Gasteiger partial charge in [0, 0.05) is 109 Å². The van der Waals surface area contributed by atoms with Crippen molar-refractivity contribution in [3.63, 3.8) is 0 Å². The Hall–Kier alpha value is -13.8. The summed E-state index contributed by atoms with van der Waals surface area (Å²) in [5, 5.41) is 45.3. The molecule has 2 aromatic heterocycles. The number of amides is 16. The fourth-order valence-corrected chi connectivity index (χ4v) is 15.6.